The number of halogens is 1. The maximum atomic E-state index is 12.8. The molecular formula is C40H51ClN2O4. The first-order chi connectivity index (χ1) is 22.6. The number of amides is 2. The topological polar surface area (TPSA) is 75.7 Å². The quantitative estimate of drug-likeness (QED) is 0.0824. The van der Waals surface area contributed by atoms with Crippen LogP contribution >= 0.6 is 11.6 Å². The number of carbonyl (C=O) groups excluding carboxylic acids is 3. The van der Waals surface area contributed by atoms with E-state index in [1.165, 1.54) is 0 Å². The van der Waals surface area contributed by atoms with Gasteiger partial charge in [-0.3, -0.25) is 14.4 Å². The highest BCUT2D eigenvalue weighted by Crippen LogP contribution is 2.21. The molecule has 0 aromatic heterocycles. The third-order valence-corrected chi connectivity index (χ3v) is 7.47. The van der Waals surface area contributed by atoms with Crippen molar-refractivity contribution in [2.45, 2.75) is 77.7 Å². The molecule has 0 unspecified atom stereocenters. The van der Waals surface area contributed by atoms with Crippen LogP contribution in [0.2, 0.25) is 5.02 Å². The summed E-state index contributed by atoms with van der Waals surface area (Å²) in [6.07, 6.45) is 28.7. The zero-order valence-corrected chi connectivity index (χ0v) is 29.2. The summed E-state index contributed by atoms with van der Waals surface area (Å²) in [6, 6.07) is 13.4. The minimum Gasteiger partial charge on any atom is -0.478 e. The molecule has 0 spiro atoms. The Bertz CT molecular complexity index is 1390. The molecule has 7 heteroatoms. The average molecular weight is 659 g/mol. The summed E-state index contributed by atoms with van der Waals surface area (Å²) >= 11 is 5.91. The lowest BCUT2D eigenvalue weighted by molar-refractivity contribution is -0.135. The number of benzene rings is 2. The van der Waals surface area contributed by atoms with Crippen molar-refractivity contribution >= 4 is 29.2 Å². The molecule has 0 saturated carbocycles. The molecular weight excluding hydrogens is 608 g/mol. The lowest BCUT2D eigenvalue weighted by atomic mass is 10.0. The Balaban J connectivity index is 1.59. The van der Waals surface area contributed by atoms with Crippen LogP contribution in [0.15, 0.2) is 109 Å². The lowest BCUT2D eigenvalue weighted by Gasteiger charge is -2.26. The third kappa shape index (κ3) is 16.3. The van der Waals surface area contributed by atoms with E-state index in [1.54, 1.807) is 74.3 Å². The van der Waals surface area contributed by atoms with E-state index in [9.17, 15) is 14.4 Å². The van der Waals surface area contributed by atoms with Gasteiger partial charge in [0.05, 0.1) is 0 Å². The monoisotopic (exact) mass is 658 g/mol. The third-order valence-electron chi connectivity index (χ3n) is 7.22. The standard InChI is InChI=1S/C40H51ClN2O4/c1-5-6-7-8-9-10-11-12-13-14-15-16-17-18-19-20-21-22-37(44)43(4)32-31-42-39(46)40(2,3)47-36-29-25-34(26-30-36)38(45)33-23-27-35(41)28-24-33/h6-7,9-10,12-13,15-16,18-19,23-30H,5,8,11,14,17,20-22,31-32H2,1-4H3,(H,42,46)/b7-6-,10-9-,13-12-,16-15-,19-18-. The van der Waals surface area contributed by atoms with E-state index in [-0.39, 0.29) is 17.6 Å². The van der Waals surface area contributed by atoms with Crippen molar-refractivity contribution in [2.24, 2.45) is 0 Å². The lowest BCUT2D eigenvalue weighted by Crippen LogP contribution is -2.48. The number of ether oxygens (including phenoxy) is 1. The van der Waals surface area contributed by atoms with Gasteiger partial charge in [0.1, 0.15) is 5.75 Å². The van der Waals surface area contributed by atoms with Gasteiger partial charge in [-0.05, 0) is 107 Å². The number of rotatable bonds is 21. The Labute approximate surface area is 286 Å². The van der Waals surface area contributed by atoms with Crippen molar-refractivity contribution in [3.05, 3.63) is 125 Å². The van der Waals surface area contributed by atoms with Gasteiger partial charge in [0.15, 0.2) is 11.4 Å². The largest absolute Gasteiger partial charge is 0.478 e. The molecule has 2 amide bonds. The maximum absolute atomic E-state index is 12.8. The number of nitrogens with one attached hydrogen (secondary N) is 1. The highest BCUT2D eigenvalue weighted by atomic mass is 35.5. The van der Waals surface area contributed by atoms with Crippen molar-refractivity contribution in [3.8, 4) is 5.75 Å². The number of ketones is 1. The van der Waals surface area contributed by atoms with Gasteiger partial charge in [0.2, 0.25) is 5.91 Å². The molecule has 0 aliphatic heterocycles. The van der Waals surface area contributed by atoms with Crippen LogP contribution in [0.3, 0.4) is 0 Å². The number of hydrogen-bond donors (Lipinski definition) is 1. The SMILES string of the molecule is CC/C=C\C/C=C\C/C=C\C/C=C\C/C=C\CCCC(=O)N(C)CCNC(=O)C(C)(C)Oc1ccc(C(=O)c2ccc(Cl)cc2)cc1. The summed E-state index contributed by atoms with van der Waals surface area (Å²) in [5.74, 6) is 0.101. The Kier molecular flexibility index (Phi) is 18.6. The van der Waals surface area contributed by atoms with E-state index in [2.05, 4.69) is 73.0 Å². The van der Waals surface area contributed by atoms with Crippen LogP contribution in [0.4, 0.5) is 0 Å². The number of unbranched alkanes of at least 4 members (excludes halogenated alkanes) is 1. The molecule has 2 aromatic carbocycles. The second-order valence-corrected chi connectivity index (χ2v) is 12.1. The number of allylic oxidation sites excluding steroid dienone is 10. The maximum Gasteiger partial charge on any atom is 0.263 e. The van der Waals surface area contributed by atoms with Gasteiger partial charge >= 0.3 is 0 Å². The minimum absolute atomic E-state index is 0.0512. The van der Waals surface area contributed by atoms with Crippen LogP contribution < -0.4 is 10.1 Å². The van der Waals surface area contributed by atoms with E-state index >= 15 is 0 Å². The molecule has 0 aliphatic carbocycles. The van der Waals surface area contributed by atoms with Gasteiger partial charge in [-0.25, -0.2) is 0 Å². The fraction of sp³-hybridized carbons (Fsp3) is 0.375. The first-order valence-corrected chi connectivity index (χ1v) is 16.9. The highest BCUT2D eigenvalue weighted by molar-refractivity contribution is 6.30. The van der Waals surface area contributed by atoms with Crippen molar-refractivity contribution in [1.82, 2.24) is 10.2 Å². The molecule has 0 saturated heterocycles. The summed E-state index contributed by atoms with van der Waals surface area (Å²) in [5.41, 5.74) is -0.102. The molecule has 2 aromatic rings. The molecule has 0 atom stereocenters. The minimum atomic E-state index is -1.15. The normalized spacial score (nSPS) is 12.2. The summed E-state index contributed by atoms with van der Waals surface area (Å²) in [7, 11) is 1.75. The van der Waals surface area contributed by atoms with E-state index in [1.807, 2.05) is 0 Å². The fourth-order valence-electron chi connectivity index (χ4n) is 4.39. The summed E-state index contributed by atoms with van der Waals surface area (Å²) in [6.45, 7) is 6.22. The summed E-state index contributed by atoms with van der Waals surface area (Å²) in [4.78, 5) is 39.7. The molecule has 0 radical (unpaired) electrons. The van der Waals surface area contributed by atoms with Crippen LogP contribution in [0.1, 0.15) is 88.1 Å². The molecule has 2 rings (SSSR count). The predicted octanol–water partition coefficient (Wildman–Crippen LogP) is 9.22. The van der Waals surface area contributed by atoms with Crippen LogP contribution in [-0.4, -0.2) is 48.2 Å². The number of hydrogen-bond acceptors (Lipinski definition) is 4. The number of carbonyl (C=O) groups is 3. The van der Waals surface area contributed by atoms with Gasteiger partial charge in [0.25, 0.3) is 5.91 Å². The van der Waals surface area contributed by atoms with Gasteiger partial charge < -0.3 is 15.0 Å². The molecule has 6 nitrogen and oxygen atoms in total. The highest BCUT2D eigenvalue weighted by Gasteiger charge is 2.30. The van der Waals surface area contributed by atoms with Crippen LogP contribution in [0.25, 0.3) is 0 Å². The predicted molar refractivity (Wildman–Crippen MR) is 195 cm³/mol. The molecule has 0 aliphatic rings. The van der Waals surface area contributed by atoms with Gasteiger partial charge in [0, 0.05) is 42.7 Å². The van der Waals surface area contributed by atoms with Crippen LogP contribution in [-0.2, 0) is 9.59 Å². The second kappa shape index (κ2) is 22.4. The molecule has 1 N–H and O–H groups in total. The van der Waals surface area contributed by atoms with Crippen molar-refractivity contribution in [2.75, 3.05) is 20.1 Å². The van der Waals surface area contributed by atoms with Gasteiger partial charge in [-0.1, -0.05) is 79.3 Å². The van der Waals surface area contributed by atoms with E-state index in [4.69, 9.17) is 16.3 Å². The Hall–Kier alpha value is -4.16. The van der Waals surface area contributed by atoms with E-state index in [0.717, 1.165) is 44.9 Å². The number of nitrogens with zero attached hydrogens (tertiary/aromatic N) is 1. The zero-order chi connectivity index (χ0) is 34.3. The Morgan fingerprint density at radius 1 is 0.766 bits per heavy atom. The second-order valence-electron chi connectivity index (χ2n) is 11.6. The van der Waals surface area contributed by atoms with Crippen molar-refractivity contribution in [3.63, 3.8) is 0 Å². The zero-order valence-electron chi connectivity index (χ0n) is 28.4. The van der Waals surface area contributed by atoms with E-state index < -0.39 is 5.60 Å². The average Bonchev–Trinajstić information content (AvgIpc) is 3.06. The van der Waals surface area contributed by atoms with E-state index in [0.29, 0.717) is 41.4 Å². The van der Waals surface area contributed by atoms with Gasteiger partial charge in [-0.2, -0.15) is 0 Å². The van der Waals surface area contributed by atoms with Crippen LogP contribution in [0, 0.1) is 0 Å². The first-order valence-electron chi connectivity index (χ1n) is 16.5. The smallest absolute Gasteiger partial charge is 0.263 e. The molecule has 252 valence electrons. The van der Waals surface area contributed by atoms with Gasteiger partial charge in [-0.15, -0.1) is 0 Å². The first kappa shape index (κ1) is 39.0. The molecule has 0 heterocycles. The van der Waals surface area contributed by atoms with Crippen molar-refractivity contribution in [1.29, 1.82) is 0 Å². The Morgan fingerprint density at radius 2 is 1.26 bits per heavy atom. The molecule has 47 heavy (non-hydrogen) atoms. The molecule has 0 fully saturated rings. The van der Waals surface area contributed by atoms with Crippen LogP contribution in [0.5, 0.6) is 5.75 Å². The fourth-order valence-corrected chi connectivity index (χ4v) is 4.51. The summed E-state index contributed by atoms with van der Waals surface area (Å²) in [5, 5.41) is 3.43. The van der Waals surface area contributed by atoms with Crippen molar-refractivity contribution < 1.29 is 19.1 Å². The molecule has 0 bridgehead atoms. The number of likely N-dealkylation sites (N-methyl/N-ethyl adjacent to an activating group) is 1. The Morgan fingerprint density at radius 3 is 1.79 bits per heavy atom. The summed E-state index contributed by atoms with van der Waals surface area (Å²) < 4.78 is 5.93.